The van der Waals surface area contributed by atoms with Gasteiger partial charge in [-0.3, -0.25) is 9.11 Å². The number of hydrogen-bond acceptors (Lipinski definition) is 5. The van der Waals surface area contributed by atoms with Crippen molar-refractivity contribution in [3.8, 4) is 5.75 Å². The van der Waals surface area contributed by atoms with Crippen molar-refractivity contribution in [1.82, 2.24) is 0 Å². The summed E-state index contributed by atoms with van der Waals surface area (Å²) in [5.74, 6) is -0.230. The highest BCUT2D eigenvalue weighted by molar-refractivity contribution is 8.26. The third-order valence-corrected chi connectivity index (χ3v) is 6.17. The van der Waals surface area contributed by atoms with Gasteiger partial charge in [-0.05, 0) is 37.2 Å². The molecule has 0 saturated heterocycles. The number of hydrogen-bond donors (Lipinski definition) is 3. The summed E-state index contributed by atoms with van der Waals surface area (Å²) in [6.07, 6.45) is 0.583. The van der Waals surface area contributed by atoms with Crippen molar-refractivity contribution in [3.05, 3.63) is 54.3 Å². The minimum Gasteiger partial charge on any atom is -0.466 e. The molecule has 7 heteroatoms. The van der Waals surface area contributed by atoms with Gasteiger partial charge in [-0.25, -0.2) is 8.70 Å². The van der Waals surface area contributed by atoms with E-state index in [4.69, 9.17) is 10.5 Å². The molecular formula is C17H21FN2O3S. The average molecular weight is 352 g/mol. The molecular weight excluding hydrogens is 331 g/mol. The molecule has 1 heterocycles. The fourth-order valence-electron chi connectivity index (χ4n) is 2.87. The van der Waals surface area contributed by atoms with Gasteiger partial charge in [0.2, 0.25) is 5.44 Å². The van der Waals surface area contributed by atoms with Gasteiger partial charge < -0.3 is 10.5 Å². The van der Waals surface area contributed by atoms with Gasteiger partial charge in [-0.1, -0.05) is 35.9 Å². The van der Waals surface area contributed by atoms with Crippen LogP contribution < -0.4 is 14.8 Å². The third kappa shape index (κ3) is 2.95. The van der Waals surface area contributed by atoms with Crippen LogP contribution in [0.25, 0.3) is 0 Å². The van der Waals surface area contributed by atoms with Gasteiger partial charge in [-0.15, -0.1) is 0 Å². The third-order valence-electron chi connectivity index (χ3n) is 4.04. The van der Waals surface area contributed by atoms with Crippen molar-refractivity contribution in [2.75, 3.05) is 10.8 Å². The molecule has 0 fully saturated rings. The maximum atomic E-state index is 13.8. The summed E-state index contributed by atoms with van der Waals surface area (Å²) in [6, 6.07) is 13.0. The van der Waals surface area contributed by atoms with Gasteiger partial charge >= 0.3 is 0 Å². The maximum Gasteiger partial charge on any atom is 0.209 e. The van der Waals surface area contributed by atoms with E-state index < -0.39 is 22.0 Å². The van der Waals surface area contributed by atoms with E-state index in [2.05, 4.69) is 0 Å². The van der Waals surface area contributed by atoms with E-state index in [0.717, 1.165) is 0 Å². The molecule has 1 aliphatic heterocycles. The van der Waals surface area contributed by atoms with Crippen LogP contribution in [0.3, 0.4) is 0 Å². The molecule has 2 atom stereocenters. The zero-order valence-corrected chi connectivity index (χ0v) is 14.1. The Morgan fingerprint density at radius 2 is 1.96 bits per heavy atom. The first kappa shape index (κ1) is 17.0. The van der Waals surface area contributed by atoms with E-state index in [-0.39, 0.29) is 5.92 Å². The predicted molar refractivity (Wildman–Crippen MR) is 95.1 cm³/mol. The monoisotopic (exact) mass is 352 g/mol. The minimum atomic E-state index is -3.38. The van der Waals surface area contributed by atoms with E-state index >= 15 is 0 Å². The smallest absolute Gasteiger partial charge is 0.209 e. The Bertz CT molecular complexity index is 714. The van der Waals surface area contributed by atoms with E-state index in [0.29, 0.717) is 30.1 Å². The molecule has 0 aromatic heterocycles. The van der Waals surface area contributed by atoms with Crippen molar-refractivity contribution in [2.45, 2.75) is 18.8 Å². The summed E-state index contributed by atoms with van der Waals surface area (Å²) >= 11 is 0. The maximum absolute atomic E-state index is 13.8. The van der Waals surface area contributed by atoms with Crippen LogP contribution in [0.15, 0.2) is 48.5 Å². The SMILES string of the molecule is CC(CCN)C1Oc2ccc(F)cc2N(c2ccccc2)S1(O)O. The second-order valence-electron chi connectivity index (χ2n) is 5.84. The molecule has 1 aliphatic rings. The lowest BCUT2D eigenvalue weighted by Gasteiger charge is -2.53. The zero-order valence-electron chi connectivity index (χ0n) is 13.3. The summed E-state index contributed by atoms with van der Waals surface area (Å²) in [7, 11) is -3.38. The van der Waals surface area contributed by atoms with Crippen LogP contribution in [-0.4, -0.2) is 21.1 Å². The Morgan fingerprint density at radius 3 is 2.62 bits per heavy atom. The molecule has 5 nitrogen and oxygen atoms in total. The summed E-state index contributed by atoms with van der Waals surface area (Å²) in [4.78, 5) is 0. The van der Waals surface area contributed by atoms with Crippen LogP contribution >= 0.6 is 10.8 Å². The first-order valence-corrected chi connectivity index (χ1v) is 9.30. The Hall–Kier alpha value is -1.80. The number of fused-ring (bicyclic) bond motifs is 1. The van der Waals surface area contributed by atoms with Gasteiger partial charge in [-0.2, -0.15) is 0 Å². The van der Waals surface area contributed by atoms with Gasteiger partial charge in [0.15, 0.2) is 0 Å². The first-order valence-electron chi connectivity index (χ1n) is 7.74. The Kier molecular flexibility index (Phi) is 4.69. The fraction of sp³-hybridized carbons (Fsp3) is 0.294. The number of rotatable bonds is 4. The van der Waals surface area contributed by atoms with Crippen LogP contribution in [0.2, 0.25) is 0 Å². The predicted octanol–water partition coefficient (Wildman–Crippen LogP) is 4.33. The minimum absolute atomic E-state index is 0.176. The summed E-state index contributed by atoms with van der Waals surface area (Å²) in [6.45, 7) is 2.28. The molecule has 0 spiro atoms. The second kappa shape index (κ2) is 6.60. The van der Waals surface area contributed by atoms with Crippen LogP contribution in [0.4, 0.5) is 15.8 Å². The van der Waals surface area contributed by atoms with Crippen molar-refractivity contribution in [3.63, 3.8) is 0 Å². The normalized spacial score (nSPS) is 21.5. The van der Waals surface area contributed by atoms with Gasteiger partial charge in [0.05, 0.1) is 5.69 Å². The molecule has 0 bridgehead atoms. The summed E-state index contributed by atoms with van der Waals surface area (Å²) in [5, 5.41) is 0. The van der Waals surface area contributed by atoms with Crippen LogP contribution in [0.5, 0.6) is 5.75 Å². The van der Waals surface area contributed by atoms with Gasteiger partial charge in [0.1, 0.15) is 17.3 Å². The van der Waals surface area contributed by atoms with E-state index in [1.54, 1.807) is 24.3 Å². The fourth-order valence-corrected chi connectivity index (χ4v) is 4.94. The summed E-state index contributed by atoms with van der Waals surface area (Å²) < 4.78 is 42.9. The quantitative estimate of drug-likeness (QED) is 0.763. The van der Waals surface area contributed by atoms with Crippen molar-refractivity contribution in [2.24, 2.45) is 11.7 Å². The molecule has 0 aliphatic carbocycles. The van der Waals surface area contributed by atoms with Crippen LogP contribution in [-0.2, 0) is 0 Å². The largest absolute Gasteiger partial charge is 0.466 e. The van der Waals surface area contributed by atoms with E-state index in [1.165, 1.54) is 22.5 Å². The molecule has 4 N–H and O–H groups in total. The zero-order chi connectivity index (χ0) is 17.3. The lowest BCUT2D eigenvalue weighted by atomic mass is 10.1. The highest BCUT2D eigenvalue weighted by atomic mass is 32.3. The number of ether oxygens (including phenoxy) is 1. The first-order chi connectivity index (χ1) is 11.4. The molecule has 24 heavy (non-hydrogen) atoms. The highest BCUT2D eigenvalue weighted by Gasteiger charge is 2.44. The molecule has 0 amide bonds. The van der Waals surface area contributed by atoms with Gasteiger partial charge in [0.25, 0.3) is 0 Å². The van der Waals surface area contributed by atoms with Crippen molar-refractivity contribution >= 4 is 22.2 Å². The van der Waals surface area contributed by atoms with Crippen molar-refractivity contribution < 1.29 is 18.2 Å². The Labute approximate surface area is 142 Å². The lowest BCUT2D eigenvalue weighted by molar-refractivity contribution is 0.189. The number of nitrogens with two attached hydrogens (primary N) is 1. The number of benzene rings is 2. The molecule has 2 unspecified atom stereocenters. The lowest BCUT2D eigenvalue weighted by Crippen LogP contribution is -2.43. The standard InChI is InChI=1S/C17H21FN2O3S/c1-12(9-10-19)17-23-16-8-7-13(18)11-15(16)20(24(17,21)22)14-5-3-2-4-6-14/h2-8,11-12,17,21-22H,9-10,19H2,1H3. The number of halogens is 1. The molecule has 2 aromatic carbocycles. The molecule has 130 valence electrons. The van der Waals surface area contributed by atoms with E-state index in [1.807, 2.05) is 13.0 Å². The molecule has 2 aromatic rings. The number of anilines is 2. The van der Waals surface area contributed by atoms with Crippen molar-refractivity contribution in [1.29, 1.82) is 0 Å². The number of para-hydroxylation sites is 1. The topological polar surface area (TPSA) is 79.0 Å². The molecule has 0 saturated carbocycles. The Balaban J connectivity index is 2.14. The van der Waals surface area contributed by atoms with Crippen LogP contribution in [0, 0.1) is 11.7 Å². The Morgan fingerprint density at radius 1 is 1.25 bits per heavy atom. The van der Waals surface area contributed by atoms with Crippen LogP contribution in [0.1, 0.15) is 13.3 Å². The van der Waals surface area contributed by atoms with E-state index in [9.17, 15) is 13.5 Å². The molecule has 0 radical (unpaired) electrons. The summed E-state index contributed by atoms with van der Waals surface area (Å²) in [5.41, 5.74) is 5.63. The number of nitrogens with zero attached hydrogens (tertiary/aromatic N) is 1. The highest BCUT2D eigenvalue weighted by Crippen LogP contribution is 2.62. The van der Waals surface area contributed by atoms with Gasteiger partial charge in [0, 0.05) is 12.0 Å². The average Bonchev–Trinajstić information content (AvgIpc) is 2.54. The molecule has 3 rings (SSSR count). The second-order valence-corrected chi connectivity index (χ2v) is 7.80.